The summed E-state index contributed by atoms with van der Waals surface area (Å²) in [5, 5.41) is 0. The summed E-state index contributed by atoms with van der Waals surface area (Å²) in [6.07, 6.45) is 37.8. The average molecular weight is 703 g/mol. The fourth-order valence-corrected chi connectivity index (χ4v) is 6.14. The van der Waals surface area contributed by atoms with Crippen LogP contribution < -0.4 is 0 Å². The van der Waals surface area contributed by atoms with Gasteiger partial charge in [-0.05, 0) is 38.5 Å². The van der Waals surface area contributed by atoms with E-state index in [9.17, 15) is 14.2 Å². The number of hydrogen-bond acceptors (Lipinski definition) is 6. The number of unbranched alkanes of at least 4 members (excludes halogenated alkanes) is 25. The molecule has 0 aromatic heterocycles. The van der Waals surface area contributed by atoms with Gasteiger partial charge in [0.05, 0.1) is 6.61 Å². The van der Waals surface area contributed by atoms with Crippen molar-refractivity contribution in [2.75, 3.05) is 13.2 Å². The van der Waals surface area contributed by atoms with Gasteiger partial charge in [-0.2, -0.15) is 0 Å². The maximum absolute atomic E-state index is 12.4. The van der Waals surface area contributed by atoms with Gasteiger partial charge in [0.15, 0.2) is 6.10 Å². The molecule has 0 radical (unpaired) electrons. The molecule has 0 amide bonds. The molecule has 9 heteroatoms. The zero-order valence-corrected chi connectivity index (χ0v) is 32.0. The first-order valence-corrected chi connectivity index (χ1v) is 21.5. The van der Waals surface area contributed by atoms with Crippen LogP contribution in [0, 0.1) is 0 Å². The van der Waals surface area contributed by atoms with Crippen molar-refractivity contribution in [3.05, 3.63) is 12.2 Å². The Hall–Kier alpha value is -1.21. The Bertz CT molecular complexity index is 797. The van der Waals surface area contributed by atoms with E-state index in [1.165, 1.54) is 122 Å². The normalized spacial score (nSPS) is 12.5. The molecule has 0 fully saturated rings. The van der Waals surface area contributed by atoms with E-state index < -0.39 is 32.5 Å². The zero-order valence-electron chi connectivity index (χ0n) is 31.2. The van der Waals surface area contributed by atoms with E-state index in [4.69, 9.17) is 19.3 Å². The van der Waals surface area contributed by atoms with Crippen molar-refractivity contribution >= 4 is 19.8 Å². The van der Waals surface area contributed by atoms with Crippen LogP contribution in [0.15, 0.2) is 12.2 Å². The van der Waals surface area contributed by atoms with Crippen molar-refractivity contribution in [1.29, 1.82) is 0 Å². The minimum atomic E-state index is -4.75. The number of rotatable bonds is 37. The SMILES string of the molecule is CCCCCC/C=C/CCCCCCCCCC(=O)OC[C@H](COP(=O)(O)O)OC(=O)CCCCCCCCCCCCCCCCC. The van der Waals surface area contributed by atoms with Gasteiger partial charge in [0, 0.05) is 12.8 Å². The highest BCUT2D eigenvalue weighted by atomic mass is 31.2. The summed E-state index contributed by atoms with van der Waals surface area (Å²) in [5.41, 5.74) is 0. The lowest BCUT2D eigenvalue weighted by molar-refractivity contribution is -0.161. The van der Waals surface area contributed by atoms with E-state index in [1.807, 2.05) is 0 Å². The standard InChI is InChI=1S/C39H75O8P/c1-3-5-7-9-11-13-15-17-19-21-23-25-27-29-31-33-38(40)45-35-37(36-46-48(42,43)44)47-39(41)34-32-30-28-26-24-22-20-18-16-14-12-10-8-6-4-2/h13,15,37H,3-12,14,16-36H2,1-2H3,(H2,42,43,44)/b15-13+/t37-/m1/s1. The highest BCUT2D eigenvalue weighted by Gasteiger charge is 2.22. The number of allylic oxidation sites excluding steroid dienone is 2. The number of phosphoric acid groups is 1. The van der Waals surface area contributed by atoms with Crippen molar-refractivity contribution in [1.82, 2.24) is 0 Å². The number of hydrogen-bond donors (Lipinski definition) is 2. The molecule has 0 aliphatic carbocycles. The monoisotopic (exact) mass is 703 g/mol. The summed E-state index contributed by atoms with van der Waals surface area (Å²) in [5.74, 6) is -0.880. The van der Waals surface area contributed by atoms with Crippen LogP contribution in [0.1, 0.15) is 206 Å². The summed E-state index contributed by atoms with van der Waals surface area (Å²) >= 11 is 0. The highest BCUT2D eigenvalue weighted by molar-refractivity contribution is 7.46. The Morgan fingerprint density at radius 2 is 0.875 bits per heavy atom. The quantitative estimate of drug-likeness (QED) is 0.0284. The predicted octanol–water partition coefficient (Wildman–Crippen LogP) is 11.8. The van der Waals surface area contributed by atoms with Gasteiger partial charge in [0.1, 0.15) is 6.61 Å². The van der Waals surface area contributed by atoms with E-state index in [2.05, 4.69) is 30.5 Å². The van der Waals surface area contributed by atoms with Crippen LogP contribution >= 0.6 is 7.82 Å². The smallest absolute Gasteiger partial charge is 0.462 e. The van der Waals surface area contributed by atoms with Gasteiger partial charge >= 0.3 is 19.8 Å². The number of carbonyl (C=O) groups excluding carboxylic acids is 2. The number of esters is 2. The van der Waals surface area contributed by atoms with Crippen LogP contribution in [-0.2, 0) is 28.2 Å². The largest absolute Gasteiger partial charge is 0.469 e. The third-order valence-corrected chi connectivity index (χ3v) is 9.27. The Kier molecular flexibility index (Phi) is 34.7. The summed E-state index contributed by atoms with van der Waals surface area (Å²) in [4.78, 5) is 42.7. The minimum Gasteiger partial charge on any atom is -0.462 e. The van der Waals surface area contributed by atoms with Crippen molar-refractivity contribution in [3.63, 3.8) is 0 Å². The highest BCUT2D eigenvalue weighted by Crippen LogP contribution is 2.36. The van der Waals surface area contributed by atoms with Gasteiger partial charge in [-0.15, -0.1) is 0 Å². The average Bonchev–Trinajstić information content (AvgIpc) is 3.05. The summed E-state index contributed by atoms with van der Waals surface area (Å²) in [6.45, 7) is 3.68. The van der Waals surface area contributed by atoms with E-state index in [0.29, 0.717) is 6.42 Å². The molecule has 284 valence electrons. The fraction of sp³-hybridized carbons (Fsp3) is 0.897. The third kappa shape index (κ3) is 37.6. The molecule has 1 atom stereocenters. The van der Waals surface area contributed by atoms with Gasteiger partial charge in [-0.25, -0.2) is 4.57 Å². The van der Waals surface area contributed by atoms with Crippen LogP contribution in [-0.4, -0.2) is 41.0 Å². The maximum Gasteiger partial charge on any atom is 0.469 e. The second kappa shape index (κ2) is 35.6. The predicted molar refractivity (Wildman–Crippen MR) is 198 cm³/mol. The molecule has 0 unspecified atom stereocenters. The minimum absolute atomic E-state index is 0.217. The third-order valence-electron chi connectivity index (χ3n) is 8.78. The van der Waals surface area contributed by atoms with Crippen LogP contribution in [0.4, 0.5) is 0 Å². The van der Waals surface area contributed by atoms with Crippen molar-refractivity contribution in [3.8, 4) is 0 Å². The van der Waals surface area contributed by atoms with E-state index in [0.717, 1.165) is 51.4 Å². The molecule has 0 aromatic carbocycles. The summed E-state index contributed by atoms with van der Waals surface area (Å²) < 4.78 is 26.3. The molecule has 8 nitrogen and oxygen atoms in total. The molecule has 0 aliphatic heterocycles. The van der Waals surface area contributed by atoms with Gasteiger partial charge in [0.2, 0.25) is 0 Å². The molecule has 48 heavy (non-hydrogen) atoms. The van der Waals surface area contributed by atoms with Crippen LogP contribution in [0.2, 0.25) is 0 Å². The van der Waals surface area contributed by atoms with Gasteiger partial charge in [-0.1, -0.05) is 167 Å². The Labute approximate surface area is 295 Å². The van der Waals surface area contributed by atoms with Gasteiger partial charge in [0.25, 0.3) is 0 Å². The first-order chi connectivity index (χ1) is 23.3. The number of ether oxygens (including phenoxy) is 2. The Morgan fingerprint density at radius 1 is 0.521 bits per heavy atom. The van der Waals surface area contributed by atoms with Gasteiger partial charge < -0.3 is 19.3 Å². The molecular formula is C39H75O8P. The molecule has 0 saturated carbocycles. The topological polar surface area (TPSA) is 119 Å². The summed E-state index contributed by atoms with van der Waals surface area (Å²) in [7, 11) is -4.75. The van der Waals surface area contributed by atoms with Crippen molar-refractivity contribution < 1.29 is 37.9 Å². The van der Waals surface area contributed by atoms with Crippen LogP contribution in [0.25, 0.3) is 0 Å². The van der Waals surface area contributed by atoms with E-state index in [1.54, 1.807) is 0 Å². The van der Waals surface area contributed by atoms with E-state index in [-0.39, 0.29) is 19.4 Å². The zero-order chi connectivity index (χ0) is 35.4. The van der Waals surface area contributed by atoms with Gasteiger partial charge in [-0.3, -0.25) is 14.1 Å². The fourth-order valence-electron chi connectivity index (χ4n) is 5.78. The number of phosphoric ester groups is 1. The van der Waals surface area contributed by atoms with Crippen LogP contribution in [0.5, 0.6) is 0 Å². The Balaban J connectivity index is 3.91. The molecular weight excluding hydrogens is 627 g/mol. The summed E-state index contributed by atoms with van der Waals surface area (Å²) in [6, 6.07) is 0. The van der Waals surface area contributed by atoms with E-state index >= 15 is 0 Å². The Morgan fingerprint density at radius 3 is 1.29 bits per heavy atom. The maximum atomic E-state index is 12.4. The number of carbonyl (C=O) groups is 2. The molecule has 0 rings (SSSR count). The lowest BCUT2D eigenvalue weighted by Crippen LogP contribution is -2.29. The second-order valence-corrected chi connectivity index (χ2v) is 14.9. The molecule has 0 aromatic rings. The molecule has 0 saturated heterocycles. The molecule has 0 heterocycles. The first-order valence-electron chi connectivity index (χ1n) is 20.0. The molecule has 0 spiro atoms. The van der Waals surface area contributed by atoms with Crippen molar-refractivity contribution in [2.24, 2.45) is 0 Å². The molecule has 0 aliphatic rings. The van der Waals surface area contributed by atoms with Crippen LogP contribution in [0.3, 0.4) is 0 Å². The second-order valence-electron chi connectivity index (χ2n) is 13.6. The lowest BCUT2D eigenvalue weighted by Gasteiger charge is -2.18. The van der Waals surface area contributed by atoms with Crippen molar-refractivity contribution in [2.45, 2.75) is 213 Å². The lowest BCUT2D eigenvalue weighted by atomic mass is 10.0. The molecule has 2 N–H and O–H groups in total. The first kappa shape index (κ1) is 46.8. The molecule has 0 bridgehead atoms.